The second-order valence-electron chi connectivity index (χ2n) is 8.34. The summed E-state index contributed by atoms with van der Waals surface area (Å²) in [4.78, 5) is 15.5. The Morgan fingerprint density at radius 1 is 0.939 bits per heavy atom. The van der Waals surface area contributed by atoms with E-state index >= 15 is 0 Å². The molecule has 0 N–H and O–H groups in total. The molecule has 0 unspecified atom stereocenters. The van der Waals surface area contributed by atoms with Crippen LogP contribution in [0.4, 0.5) is 0 Å². The lowest BCUT2D eigenvalue weighted by Gasteiger charge is -2.21. The SMILES string of the molecule is COc1cc(Cn2c(-c3ccccc3)cc3c2C(=O)/C(=C\N(C)C)CC3)cc(OC)c1OC. The van der Waals surface area contributed by atoms with Crippen molar-refractivity contribution < 1.29 is 19.0 Å². The molecular weight excluding hydrogens is 416 g/mol. The third kappa shape index (κ3) is 4.33. The number of hydrogen-bond donors (Lipinski definition) is 0. The van der Waals surface area contributed by atoms with E-state index < -0.39 is 0 Å². The Labute approximate surface area is 195 Å². The summed E-state index contributed by atoms with van der Waals surface area (Å²) in [6, 6.07) is 16.2. The highest BCUT2D eigenvalue weighted by atomic mass is 16.5. The van der Waals surface area contributed by atoms with E-state index in [1.54, 1.807) is 21.3 Å². The standard InChI is InChI=1S/C27H30N2O4/c1-28(2)17-21-12-11-20-15-22(19-9-7-6-8-10-19)29(25(20)26(21)30)16-18-13-23(31-3)27(33-5)24(14-18)32-4/h6-10,13-15,17H,11-12,16H2,1-5H3/b21-17-. The topological polar surface area (TPSA) is 52.9 Å². The van der Waals surface area contributed by atoms with E-state index in [2.05, 4.69) is 22.8 Å². The van der Waals surface area contributed by atoms with Gasteiger partial charge in [0.25, 0.3) is 0 Å². The van der Waals surface area contributed by atoms with Crippen molar-refractivity contribution in [2.75, 3.05) is 35.4 Å². The average molecular weight is 447 g/mol. The predicted molar refractivity (Wildman–Crippen MR) is 129 cm³/mol. The lowest BCUT2D eigenvalue weighted by Crippen LogP contribution is -2.20. The third-order valence-electron chi connectivity index (χ3n) is 5.90. The first kappa shape index (κ1) is 22.5. The fourth-order valence-corrected chi connectivity index (χ4v) is 4.46. The molecule has 1 heterocycles. The number of rotatable bonds is 7. The maximum absolute atomic E-state index is 13.6. The number of ether oxygens (including phenoxy) is 3. The molecule has 3 aromatic rings. The van der Waals surface area contributed by atoms with Crippen molar-refractivity contribution in [3.8, 4) is 28.5 Å². The molecule has 0 amide bonds. The lowest BCUT2D eigenvalue weighted by atomic mass is 9.92. The molecule has 0 saturated heterocycles. The first-order valence-electron chi connectivity index (χ1n) is 10.9. The van der Waals surface area contributed by atoms with Crippen LogP contribution in [0.2, 0.25) is 0 Å². The normalized spacial score (nSPS) is 14.2. The average Bonchev–Trinajstić information content (AvgIpc) is 3.19. The number of hydrogen-bond acceptors (Lipinski definition) is 5. The number of benzene rings is 2. The molecule has 2 aromatic carbocycles. The maximum Gasteiger partial charge on any atom is 0.207 e. The number of carbonyl (C=O) groups is 1. The second kappa shape index (κ2) is 9.45. The summed E-state index contributed by atoms with van der Waals surface area (Å²) in [6.45, 7) is 0.497. The molecule has 0 bridgehead atoms. The van der Waals surface area contributed by atoms with Crippen molar-refractivity contribution in [1.29, 1.82) is 0 Å². The van der Waals surface area contributed by atoms with Crippen molar-refractivity contribution in [3.63, 3.8) is 0 Å². The number of carbonyl (C=O) groups excluding carboxylic acids is 1. The van der Waals surface area contributed by atoms with Gasteiger partial charge in [0.1, 0.15) is 0 Å². The van der Waals surface area contributed by atoms with Crippen LogP contribution in [0.3, 0.4) is 0 Å². The van der Waals surface area contributed by atoms with Gasteiger partial charge in [-0.05, 0) is 47.7 Å². The molecule has 0 radical (unpaired) electrons. The zero-order valence-corrected chi connectivity index (χ0v) is 19.8. The Morgan fingerprint density at radius 2 is 1.61 bits per heavy atom. The molecule has 6 heteroatoms. The number of Topliss-reactive ketones (excluding diaryl/α,β-unsaturated/α-hetero) is 1. The smallest absolute Gasteiger partial charge is 0.207 e. The van der Waals surface area contributed by atoms with E-state index in [1.807, 2.05) is 55.5 Å². The summed E-state index contributed by atoms with van der Waals surface area (Å²) in [7, 11) is 8.69. The number of allylic oxidation sites excluding steroid dienone is 1. The fourth-order valence-electron chi connectivity index (χ4n) is 4.46. The lowest BCUT2D eigenvalue weighted by molar-refractivity contribution is 0.101. The molecule has 4 rings (SSSR count). The molecule has 0 spiro atoms. The highest BCUT2D eigenvalue weighted by molar-refractivity contribution is 6.10. The summed E-state index contributed by atoms with van der Waals surface area (Å²) in [5, 5.41) is 0. The molecule has 172 valence electrons. The van der Waals surface area contributed by atoms with Gasteiger partial charge in [0, 0.05) is 38.1 Å². The van der Waals surface area contributed by atoms with E-state index in [4.69, 9.17) is 14.2 Å². The molecule has 1 aromatic heterocycles. The van der Waals surface area contributed by atoms with Crippen LogP contribution in [-0.2, 0) is 13.0 Å². The van der Waals surface area contributed by atoms with Crippen LogP contribution >= 0.6 is 0 Å². The van der Waals surface area contributed by atoms with Crippen molar-refractivity contribution in [3.05, 3.63) is 77.1 Å². The summed E-state index contributed by atoms with van der Waals surface area (Å²) in [5.74, 6) is 1.82. The van der Waals surface area contributed by atoms with E-state index in [1.165, 1.54) is 0 Å². The van der Waals surface area contributed by atoms with Gasteiger partial charge in [0.2, 0.25) is 11.5 Å². The molecule has 1 aliphatic carbocycles. The van der Waals surface area contributed by atoms with E-state index in [0.29, 0.717) is 23.8 Å². The zero-order valence-electron chi connectivity index (χ0n) is 19.8. The molecule has 0 fully saturated rings. The highest BCUT2D eigenvalue weighted by Gasteiger charge is 2.29. The number of ketones is 1. The minimum atomic E-state index is 0.0829. The van der Waals surface area contributed by atoms with Gasteiger partial charge < -0.3 is 23.7 Å². The molecular formula is C27H30N2O4. The van der Waals surface area contributed by atoms with Crippen LogP contribution in [0.1, 0.15) is 28.0 Å². The van der Waals surface area contributed by atoms with E-state index in [-0.39, 0.29) is 5.78 Å². The first-order valence-corrected chi connectivity index (χ1v) is 10.9. The molecule has 0 aliphatic heterocycles. The van der Waals surface area contributed by atoms with Crippen molar-refractivity contribution in [2.24, 2.45) is 0 Å². The van der Waals surface area contributed by atoms with Crippen LogP contribution in [-0.4, -0.2) is 50.7 Å². The van der Waals surface area contributed by atoms with Crippen LogP contribution in [0.15, 0.2) is 60.3 Å². The Bertz CT molecular complexity index is 1170. The second-order valence-corrected chi connectivity index (χ2v) is 8.34. The molecule has 33 heavy (non-hydrogen) atoms. The van der Waals surface area contributed by atoms with Gasteiger partial charge in [-0.1, -0.05) is 30.3 Å². The summed E-state index contributed by atoms with van der Waals surface area (Å²) >= 11 is 0. The molecule has 1 aliphatic rings. The van der Waals surface area contributed by atoms with Gasteiger partial charge in [-0.2, -0.15) is 0 Å². The Kier molecular flexibility index (Phi) is 6.45. The van der Waals surface area contributed by atoms with E-state index in [0.717, 1.165) is 46.5 Å². The van der Waals surface area contributed by atoms with Crippen molar-refractivity contribution in [1.82, 2.24) is 9.47 Å². The van der Waals surface area contributed by atoms with Crippen molar-refractivity contribution >= 4 is 5.78 Å². The minimum Gasteiger partial charge on any atom is -0.493 e. The van der Waals surface area contributed by atoms with Crippen LogP contribution < -0.4 is 14.2 Å². The highest BCUT2D eigenvalue weighted by Crippen LogP contribution is 2.40. The third-order valence-corrected chi connectivity index (χ3v) is 5.90. The Morgan fingerprint density at radius 3 is 2.18 bits per heavy atom. The summed E-state index contributed by atoms with van der Waals surface area (Å²) < 4.78 is 18.7. The van der Waals surface area contributed by atoms with Crippen LogP contribution in [0.5, 0.6) is 17.2 Å². The van der Waals surface area contributed by atoms with Gasteiger partial charge in [-0.25, -0.2) is 0 Å². The number of aryl methyl sites for hydroxylation is 1. The van der Waals surface area contributed by atoms with Crippen LogP contribution in [0.25, 0.3) is 11.3 Å². The van der Waals surface area contributed by atoms with Gasteiger partial charge in [0.05, 0.1) is 27.0 Å². The summed E-state index contributed by atoms with van der Waals surface area (Å²) in [6.07, 6.45) is 3.51. The largest absolute Gasteiger partial charge is 0.493 e. The maximum atomic E-state index is 13.6. The molecule has 0 atom stereocenters. The van der Waals surface area contributed by atoms with Crippen LogP contribution in [0, 0.1) is 0 Å². The minimum absolute atomic E-state index is 0.0829. The molecule has 6 nitrogen and oxygen atoms in total. The Hall–Kier alpha value is -3.67. The number of nitrogens with zero attached hydrogens (tertiary/aromatic N) is 2. The predicted octanol–water partition coefficient (Wildman–Crippen LogP) is 4.80. The van der Waals surface area contributed by atoms with Gasteiger partial charge in [-0.3, -0.25) is 4.79 Å². The Balaban J connectivity index is 1.88. The number of methoxy groups -OCH3 is 3. The fraction of sp³-hybridized carbons (Fsp3) is 0.296. The quantitative estimate of drug-likeness (QED) is 0.488. The van der Waals surface area contributed by atoms with Gasteiger partial charge in [-0.15, -0.1) is 0 Å². The number of aromatic nitrogens is 1. The summed E-state index contributed by atoms with van der Waals surface area (Å²) in [5.41, 5.74) is 5.72. The van der Waals surface area contributed by atoms with Crippen molar-refractivity contribution in [2.45, 2.75) is 19.4 Å². The van der Waals surface area contributed by atoms with Gasteiger partial charge in [0.15, 0.2) is 11.5 Å². The van der Waals surface area contributed by atoms with E-state index in [9.17, 15) is 4.79 Å². The zero-order chi connectivity index (χ0) is 23.5. The van der Waals surface area contributed by atoms with Gasteiger partial charge >= 0.3 is 0 Å². The number of fused-ring (bicyclic) bond motifs is 1. The molecule has 0 saturated carbocycles. The first-order chi connectivity index (χ1) is 16.0. The monoisotopic (exact) mass is 446 g/mol.